The summed E-state index contributed by atoms with van der Waals surface area (Å²) in [6.45, 7) is 0. The van der Waals surface area contributed by atoms with Gasteiger partial charge in [0.25, 0.3) is 0 Å². The minimum atomic E-state index is 0.484. The van der Waals surface area contributed by atoms with Crippen LogP contribution in [0, 0.1) is 0 Å². The predicted octanol–water partition coefficient (Wildman–Crippen LogP) is 4.90. The number of hydrogen-bond donors (Lipinski definition) is 0. The molecule has 0 fully saturated rings. The number of para-hydroxylation sites is 2. The number of hydrogen-bond acceptors (Lipinski definition) is 4. The summed E-state index contributed by atoms with van der Waals surface area (Å²) in [5, 5.41) is 0. The molecule has 0 aliphatic carbocycles. The fraction of sp³-hybridized carbons (Fsp3) is 0. The van der Waals surface area contributed by atoms with Crippen molar-refractivity contribution in [1.29, 1.82) is 0 Å². The molecule has 3 aromatic rings. The van der Waals surface area contributed by atoms with E-state index < -0.39 is 0 Å². The van der Waals surface area contributed by atoms with E-state index in [0.29, 0.717) is 34.1 Å². The summed E-state index contributed by atoms with van der Waals surface area (Å²) in [5.41, 5.74) is 0.968. The van der Waals surface area contributed by atoms with Gasteiger partial charge in [-0.15, -0.1) is 0 Å². The third-order valence-corrected chi connectivity index (χ3v) is 3.37. The van der Waals surface area contributed by atoms with Gasteiger partial charge in [0.15, 0.2) is 12.6 Å². The summed E-state index contributed by atoms with van der Waals surface area (Å²) < 4.78 is 11.4. The first-order valence-corrected chi connectivity index (χ1v) is 7.34. The van der Waals surface area contributed by atoms with E-state index in [-0.39, 0.29) is 0 Å². The quantitative estimate of drug-likeness (QED) is 0.607. The molecule has 0 amide bonds. The molecule has 0 aliphatic heterocycles. The minimum absolute atomic E-state index is 0.484. The van der Waals surface area contributed by atoms with E-state index in [2.05, 4.69) is 0 Å². The van der Waals surface area contributed by atoms with Crippen molar-refractivity contribution in [3.8, 4) is 23.0 Å². The van der Waals surface area contributed by atoms with Crippen molar-refractivity contribution in [2.45, 2.75) is 0 Å². The zero-order valence-electron chi connectivity index (χ0n) is 12.7. The van der Waals surface area contributed by atoms with E-state index in [1.54, 1.807) is 72.8 Å². The van der Waals surface area contributed by atoms with Gasteiger partial charge in [0.2, 0.25) is 0 Å². The Morgan fingerprint density at radius 1 is 0.542 bits per heavy atom. The highest BCUT2D eigenvalue weighted by atomic mass is 16.5. The van der Waals surface area contributed by atoms with Crippen LogP contribution in [0.15, 0.2) is 72.8 Å². The maximum atomic E-state index is 11.0. The summed E-state index contributed by atoms with van der Waals surface area (Å²) in [4.78, 5) is 22.0. The van der Waals surface area contributed by atoms with Gasteiger partial charge < -0.3 is 9.47 Å². The Hall–Kier alpha value is -3.40. The molecular formula is C20H14O4. The lowest BCUT2D eigenvalue weighted by atomic mass is 10.2. The topological polar surface area (TPSA) is 52.6 Å². The lowest BCUT2D eigenvalue weighted by Crippen LogP contribution is -1.91. The number of rotatable bonds is 6. The summed E-state index contributed by atoms with van der Waals surface area (Å²) in [5.74, 6) is 2.15. The SMILES string of the molecule is O=Cc1ccccc1Oc1ccc(Oc2ccccc2C=O)cc1. The molecule has 0 N–H and O–H groups in total. The molecule has 0 aliphatic rings. The largest absolute Gasteiger partial charge is 0.457 e. The molecule has 0 atom stereocenters. The number of carbonyl (C=O) groups is 2. The lowest BCUT2D eigenvalue weighted by Gasteiger charge is -2.10. The number of benzene rings is 3. The summed E-state index contributed by atoms with van der Waals surface area (Å²) in [6, 6.07) is 20.9. The van der Waals surface area contributed by atoms with Crippen LogP contribution in [0.5, 0.6) is 23.0 Å². The van der Waals surface area contributed by atoms with E-state index >= 15 is 0 Å². The fourth-order valence-electron chi connectivity index (χ4n) is 2.17. The molecule has 3 rings (SSSR count). The third kappa shape index (κ3) is 3.50. The standard InChI is InChI=1S/C20H14O4/c21-13-15-5-1-3-7-19(15)23-17-9-11-18(12-10-17)24-20-8-4-2-6-16(20)14-22/h1-14H. The van der Waals surface area contributed by atoms with Crippen molar-refractivity contribution in [3.63, 3.8) is 0 Å². The van der Waals surface area contributed by atoms with E-state index in [0.717, 1.165) is 12.6 Å². The molecule has 0 bridgehead atoms. The molecule has 0 heterocycles. The Morgan fingerprint density at radius 2 is 0.917 bits per heavy atom. The van der Waals surface area contributed by atoms with Crippen LogP contribution in [0.3, 0.4) is 0 Å². The van der Waals surface area contributed by atoms with Crippen LogP contribution in [0.1, 0.15) is 20.7 Å². The van der Waals surface area contributed by atoms with Gasteiger partial charge in [0.05, 0.1) is 11.1 Å². The van der Waals surface area contributed by atoms with E-state index in [1.807, 2.05) is 0 Å². The highest BCUT2D eigenvalue weighted by Gasteiger charge is 2.06. The number of aldehydes is 2. The molecule has 0 saturated heterocycles. The average Bonchev–Trinajstić information content (AvgIpc) is 2.64. The van der Waals surface area contributed by atoms with Gasteiger partial charge in [-0.1, -0.05) is 24.3 Å². The Kier molecular flexibility index (Phi) is 4.68. The molecule has 0 unspecified atom stereocenters. The smallest absolute Gasteiger partial charge is 0.153 e. The summed E-state index contributed by atoms with van der Waals surface area (Å²) >= 11 is 0. The van der Waals surface area contributed by atoms with Gasteiger partial charge in [0, 0.05) is 0 Å². The van der Waals surface area contributed by atoms with Gasteiger partial charge in [-0.2, -0.15) is 0 Å². The number of ether oxygens (including phenoxy) is 2. The Labute approximate surface area is 139 Å². The monoisotopic (exact) mass is 318 g/mol. The Balaban J connectivity index is 1.76. The van der Waals surface area contributed by atoms with Crippen LogP contribution in [-0.2, 0) is 0 Å². The maximum Gasteiger partial charge on any atom is 0.153 e. The van der Waals surface area contributed by atoms with Crippen LogP contribution in [0.2, 0.25) is 0 Å². The molecule has 3 aromatic carbocycles. The van der Waals surface area contributed by atoms with Crippen LogP contribution in [0.4, 0.5) is 0 Å². The summed E-state index contributed by atoms with van der Waals surface area (Å²) in [6.07, 6.45) is 1.51. The van der Waals surface area contributed by atoms with Crippen LogP contribution in [-0.4, -0.2) is 12.6 Å². The molecule has 0 spiro atoms. The fourth-order valence-corrected chi connectivity index (χ4v) is 2.17. The van der Waals surface area contributed by atoms with Crippen molar-refractivity contribution in [2.75, 3.05) is 0 Å². The second-order valence-electron chi connectivity index (χ2n) is 4.99. The molecule has 4 heteroatoms. The molecular weight excluding hydrogens is 304 g/mol. The normalized spacial score (nSPS) is 10.0. The van der Waals surface area contributed by atoms with Crippen molar-refractivity contribution < 1.29 is 19.1 Å². The van der Waals surface area contributed by atoms with Crippen molar-refractivity contribution in [1.82, 2.24) is 0 Å². The van der Waals surface area contributed by atoms with Crippen molar-refractivity contribution in [2.24, 2.45) is 0 Å². The molecule has 24 heavy (non-hydrogen) atoms. The minimum Gasteiger partial charge on any atom is -0.457 e. The number of carbonyl (C=O) groups excluding carboxylic acids is 2. The maximum absolute atomic E-state index is 11.0. The first-order valence-electron chi connectivity index (χ1n) is 7.34. The average molecular weight is 318 g/mol. The lowest BCUT2D eigenvalue weighted by molar-refractivity contribution is 0.111. The second-order valence-corrected chi connectivity index (χ2v) is 4.99. The second kappa shape index (κ2) is 7.24. The van der Waals surface area contributed by atoms with Crippen LogP contribution >= 0.6 is 0 Å². The highest BCUT2D eigenvalue weighted by Crippen LogP contribution is 2.29. The Bertz CT molecular complexity index is 781. The van der Waals surface area contributed by atoms with E-state index in [9.17, 15) is 9.59 Å². The first-order chi connectivity index (χ1) is 11.8. The van der Waals surface area contributed by atoms with Crippen LogP contribution < -0.4 is 9.47 Å². The molecule has 0 radical (unpaired) electrons. The molecule has 0 aromatic heterocycles. The molecule has 0 saturated carbocycles. The Morgan fingerprint density at radius 3 is 1.29 bits per heavy atom. The highest BCUT2D eigenvalue weighted by molar-refractivity contribution is 5.80. The van der Waals surface area contributed by atoms with Crippen molar-refractivity contribution in [3.05, 3.63) is 83.9 Å². The van der Waals surface area contributed by atoms with Gasteiger partial charge >= 0.3 is 0 Å². The predicted molar refractivity (Wildman–Crippen MR) is 90.2 cm³/mol. The zero-order valence-corrected chi connectivity index (χ0v) is 12.7. The third-order valence-electron chi connectivity index (χ3n) is 3.37. The van der Waals surface area contributed by atoms with E-state index in [4.69, 9.17) is 9.47 Å². The van der Waals surface area contributed by atoms with Gasteiger partial charge in [0.1, 0.15) is 23.0 Å². The first kappa shape index (κ1) is 15.5. The van der Waals surface area contributed by atoms with Crippen LogP contribution in [0.25, 0.3) is 0 Å². The molecule has 118 valence electrons. The van der Waals surface area contributed by atoms with Crippen molar-refractivity contribution >= 4 is 12.6 Å². The van der Waals surface area contributed by atoms with Gasteiger partial charge in [-0.3, -0.25) is 9.59 Å². The van der Waals surface area contributed by atoms with E-state index in [1.165, 1.54) is 0 Å². The van der Waals surface area contributed by atoms with Gasteiger partial charge in [-0.25, -0.2) is 0 Å². The zero-order chi connectivity index (χ0) is 16.8. The van der Waals surface area contributed by atoms with Gasteiger partial charge in [-0.05, 0) is 48.5 Å². The summed E-state index contributed by atoms with van der Waals surface area (Å²) in [7, 11) is 0. The molecule has 4 nitrogen and oxygen atoms in total.